The van der Waals surface area contributed by atoms with E-state index in [-0.39, 0.29) is 0 Å². The number of aliphatic imine (C=N–C) groups is 1. The van der Waals surface area contributed by atoms with Gasteiger partial charge in [-0.2, -0.15) is 0 Å². The van der Waals surface area contributed by atoms with Gasteiger partial charge in [-0.3, -0.25) is 9.98 Å². The Balaban J connectivity index is 1.39. The molecule has 0 atom stereocenters. The highest BCUT2D eigenvalue weighted by atomic mass is 16.5. The van der Waals surface area contributed by atoms with Crippen molar-refractivity contribution in [2.24, 2.45) is 10.7 Å². The van der Waals surface area contributed by atoms with Crippen molar-refractivity contribution in [3.05, 3.63) is 102 Å². The summed E-state index contributed by atoms with van der Waals surface area (Å²) in [6.45, 7) is 1.40. The van der Waals surface area contributed by atoms with Crippen LogP contribution in [0.4, 0.5) is 0 Å². The number of hydrogen-bond donors (Lipinski definition) is 1. The standard InChI is InChI=1S/C26H22N4O2/c27-16-23(18-9-11-28-12-10-18)26-22-8-7-21(15-25(22)31-14-13-29-26)32-17-20-6-5-19-3-1-2-4-24(19)30-20/h1-12,15-16H,13-14,17,27H2. The number of ether oxygens (including phenoxy) is 2. The van der Waals surface area contributed by atoms with Crippen molar-refractivity contribution >= 4 is 22.2 Å². The monoisotopic (exact) mass is 422 g/mol. The van der Waals surface area contributed by atoms with Gasteiger partial charge in [-0.1, -0.05) is 24.3 Å². The third-order valence-corrected chi connectivity index (χ3v) is 5.28. The maximum absolute atomic E-state index is 6.02. The van der Waals surface area contributed by atoms with E-state index in [0.717, 1.165) is 44.8 Å². The normalized spacial score (nSPS) is 13.6. The third kappa shape index (κ3) is 4.03. The Kier molecular flexibility index (Phi) is 5.49. The molecule has 2 N–H and O–H groups in total. The van der Waals surface area contributed by atoms with Gasteiger partial charge in [0, 0.05) is 41.2 Å². The first-order valence-electron chi connectivity index (χ1n) is 10.4. The minimum absolute atomic E-state index is 0.371. The molecule has 2 aromatic carbocycles. The highest BCUT2D eigenvalue weighted by Gasteiger charge is 2.19. The highest BCUT2D eigenvalue weighted by molar-refractivity contribution is 6.32. The van der Waals surface area contributed by atoms with Gasteiger partial charge in [-0.05, 0) is 42.0 Å². The fraction of sp³-hybridized carbons (Fsp3) is 0.115. The van der Waals surface area contributed by atoms with Gasteiger partial charge in [0.25, 0.3) is 0 Å². The molecule has 0 aliphatic carbocycles. The van der Waals surface area contributed by atoms with Crippen LogP contribution in [-0.2, 0) is 6.61 Å². The lowest BCUT2D eigenvalue weighted by molar-refractivity contribution is 0.295. The number of rotatable bonds is 5. The number of aromatic nitrogens is 2. The molecule has 32 heavy (non-hydrogen) atoms. The summed E-state index contributed by atoms with van der Waals surface area (Å²) in [6, 6.07) is 21.7. The molecule has 158 valence electrons. The fourth-order valence-corrected chi connectivity index (χ4v) is 3.73. The Morgan fingerprint density at radius 2 is 1.91 bits per heavy atom. The Morgan fingerprint density at radius 3 is 2.78 bits per heavy atom. The summed E-state index contributed by atoms with van der Waals surface area (Å²) in [7, 11) is 0. The van der Waals surface area contributed by atoms with E-state index in [0.29, 0.717) is 25.5 Å². The van der Waals surface area contributed by atoms with Crippen molar-refractivity contribution < 1.29 is 9.47 Å². The zero-order chi connectivity index (χ0) is 21.8. The number of benzene rings is 2. The molecule has 5 rings (SSSR count). The van der Waals surface area contributed by atoms with E-state index in [1.165, 1.54) is 0 Å². The molecule has 0 radical (unpaired) electrons. The molecule has 1 aliphatic heterocycles. The van der Waals surface area contributed by atoms with Crippen molar-refractivity contribution in [3.8, 4) is 11.5 Å². The lowest BCUT2D eigenvalue weighted by atomic mass is 9.96. The molecule has 0 amide bonds. The maximum atomic E-state index is 6.02. The molecule has 0 unspecified atom stereocenters. The van der Waals surface area contributed by atoms with Crippen molar-refractivity contribution in [1.82, 2.24) is 9.97 Å². The first kappa shape index (κ1) is 19.8. The van der Waals surface area contributed by atoms with Crippen molar-refractivity contribution in [3.63, 3.8) is 0 Å². The molecule has 1 aliphatic rings. The van der Waals surface area contributed by atoms with E-state index >= 15 is 0 Å². The average molecular weight is 422 g/mol. The number of nitrogens with zero attached hydrogens (tertiary/aromatic N) is 3. The predicted octanol–water partition coefficient (Wildman–Crippen LogP) is 4.39. The molecule has 0 bridgehead atoms. The molecule has 0 saturated heterocycles. The molecule has 0 spiro atoms. The van der Waals surface area contributed by atoms with Gasteiger partial charge in [-0.25, -0.2) is 4.98 Å². The van der Waals surface area contributed by atoms with E-state index in [9.17, 15) is 0 Å². The minimum Gasteiger partial charge on any atom is -0.491 e. The van der Waals surface area contributed by atoms with Crippen molar-refractivity contribution in [2.75, 3.05) is 13.2 Å². The van der Waals surface area contributed by atoms with E-state index in [4.69, 9.17) is 20.2 Å². The fourth-order valence-electron chi connectivity index (χ4n) is 3.73. The van der Waals surface area contributed by atoms with E-state index in [2.05, 4.69) is 16.0 Å². The molecule has 6 heteroatoms. The van der Waals surface area contributed by atoms with Crippen LogP contribution in [0.3, 0.4) is 0 Å². The van der Waals surface area contributed by atoms with E-state index in [1.807, 2.05) is 60.7 Å². The zero-order valence-corrected chi connectivity index (χ0v) is 17.4. The lowest BCUT2D eigenvalue weighted by Gasteiger charge is -2.14. The summed E-state index contributed by atoms with van der Waals surface area (Å²) < 4.78 is 12.0. The van der Waals surface area contributed by atoms with Crippen LogP contribution in [0.5, 0.6) is 11.5 Å². The number of nitrogens with two attached hydrogens (primary N) is 1. The van der Waals surface area contributed by atoms with Gasteiger partial charge in [0.05, 0.1) is 23.5 Å². The number of fused-ring (bicyclic) bond motifs is 2. The zero-order valence-electron chi connectivity index (χ0n) is 17.4. The van der Waals surface area contributed by atoms with Crippen LogP contribution >= 0.6 is 0 Å². The Labute approximate surface area is 186 Å². The van der Waals surface area contributed by atoms with Gasteiger partial charge in [0.1, 0.15) is 24.7 Å². The minimum atomic E-state index is 0.371. The largest absolute Gasteiger partial charge is 0.491 e. The summed E-state index contributed by atoms with van der Waals surface area (Å²) in [5, 5.41) is 1.11. The molecule has 3 heterocycles. The third-order valence-electron chi connectivity index (χ3n) is 5.28. The van der Waals surface area contributed by atoms with Crippen LogP contribution < -0.4 is 15.2 Å². The summed E-state index contributed by atoms with van der Waals surface area (Å²) >= 11 is 0. The number of para-hydroxylation sites is 1. The Morgan fingerprint density at radius 1 is 1.03 bits per heavy atom. The van der Waals surface area contributed by atoms with Gasteiger partial charge >= 0.3 is 0 Å². The summed E-state index contributed by atoms with van der Waals surface area (Å²) in [5.74, 6) is 1.43. The van der Waals surface area contributed by atoms with Crippen LogP contribution in [0.15, 0.2) is 90.3 Å². The SMILES string of the molecule is NC=C(C1=NCCOc2cc(OCc3ccc4ccccc4n3)ccc21)c1ccncc1. The van der Waals surface area contributed by atoms with E-state index in [1.54, 1.807) is 18.6 Å². The second-order valence-electron chi connectivity index (χ2n) is 7.34. The molecule has 2 aromatic heterocycles. The van der Waals surface area contributed by atoms with Gasteiger partial charge in [0.15, 0.2) is 0 Å². The van der Waals surface area contributed by atoms with Crippen LogP contribution in [0.25, 0.3) is 16.5 Å². The second-order valence-corrected chi connectivity index (χ2v) is 7.34. The Hall–Kier alpha value is -4.19. The van der Waals surface area contributed by atoms with Crippen molar-refractivity contribution in [2.45, 2.75) is 6.61 Å². The predicted molar refractivity (Wildman–Crippen MR) is 126 cm³/mol. The topological polar surface area (TPSA) is 82.6 Å². The molecule has 0 saturated carbocycles. The number of hydrogen-bond acceptors (Lipinski definition) is 6. The number of allylic oxidation sites excluding steroid dienone is 1. The van der Waals surface area contributed by atoms with Gasteiger partial charge in [-0.15, -0.1) is 0 Å². The summed E-state index contributed by atoms with van der Waals surface area (Å²) in [6.07, 6.45) is 5.07. The quantitative estimate of drug-likeness (QED) is 0.516. The smallest absolute Gasteiger partial charge is 0.132 e. The van der Waals surface area contributed by atoms with Gasteiger partial charge in [0.2, 0.25) is 0 Å². The maximum Gasteiger partial charge on any atom is 0.132 e. The molecule has 6 nitrogen and oxygen atoms in total. The first-order chi connectivity index (χ1) is 15.8. The van der Waals surface area contributed by atoms with Crippen molar-refractivity contribution in [1.29, 1.82) is 0 Å². The van der Waals surface area contributed by atoms with E-state index < -0.39 is 0 Å². The molecule has 0 fully saturated rings. The average Bonchev–Trinajstić information content (AvgIpc) is 3.06. The van der Waals surface area contributed by atoms with Crippen LogP contribution in [-0.4, -0.2) is 28.8 Å². The first-order valence-corrected chi connectivity index (χ1v) is 10.4. The second kappa shape index (κ2) is 8.89. The lowest BCUT2D eigenvalue weighted by Crippen LogP contribution is -2.08. The van der Waals surface area contributed by atoms with Gasteiger partial charge < -0.3 is 15.2 Å². The number of pyridine rings is 2. The van der Waals surface area contributed by atoms with Crippen LogP contribution in [0.1, 0.15) is 16.8 Å². The molecular formula is C26H22N4O2. The van der Waals surface area contributed by atoms with Crippen LogP contribution in [0, 0.1) is 0 Å². The highest BCUT2D eigenvalue weighted by Crippen LogP contribution is 2.31. The van der Waals surface area contributed by atoms with Crippen LogP contribution in [0.2, 0.25) is 0 Å². The summed E-state index contributed by atoms with van der Waals surface area (Å²) in [4.78, 5) is 13.5. The molecule has 4 aromatic rings. The Bertz CT molecular complexity index is 1320. The molecular weight excluding hydrogens is 400 g/mol. The summed E-state index contributed by atoms with van der Waals surface area (Å²) in [5.41, 5.74) is 11.3.